The maximum Gasteiger partial charge on any atom is 0.238 e. The van der Waals surface area contributed by atoms with Crippen LogP contribution in [0.1, 0.15) is 26.7 Å². The molecule has 86 valence electrons. The van der Waals surface area contributed by atoms with Crippen LogP contribution in [-0.4, -0.2) is 42.0 Å². The molecule has 0 saturated carbocycles. The average molecular weight is 211 g/mol. The molecular weight excluding hydrogens is 190 g/mol. The van der Waals surface area contributed by atoms with E-state index in [1.807, 2.05) is 0 Å². The molecule has 2 fully saturated rings. The summed E-state index contributed by atoms with van der Waals surface area (Å²) < 4.78 is 0. The molecular formula is C11H21N3O. The molecule has 2 aliphatic rings. The van der Waals surface area contributed by atoms with Gasteiger partial charge in [0.05, 0.1) is 0 Å². The Bertz CT molecular complexity index is 267. The predicted molar refractivity (Wildman–Crippen MR) is 59.4 cm³/mol. The van der Waals surface area contributed by atoms with Crippen LogP contribution >= 0.6 is 0 Å². The van der Waals surface area contributed by atoms with Gasteiger partial charge in [-0.1, -0.05) is 0 Å². The van der Waals surface area contributed by atoms with Gasteiger partial charge in [-0.25, -0.2) is 0 Å². The Morgan fingerprint density at radius 1 is 1.53 bits per heavy atom. The Hall–Kier alpha value is -0.610. The zero-order valence-electron chi connectivity index (χ0n) is 9.62. The molecule has 4 heteroatoms. The normalized spacial score (nSPS) is 39.7. The molecule has 3 atom stereocenters. The molecule has 15 heavy (non-hydrogen) atoms. The molecule has 4 nitrogen and oxygen atoms in total. The highest BCUT2D eigenvalue weighted by Gasteiger charge is 2.50. The van der Waals surface area contributed by atoms with E-state index in [9.17, 15) is 4.79 Å². The number of fused-ring (bicyclic) bond motifs is 2. The van der Waals surface area contributed by atoms with E-state index in [1.54, 1.807) is 0 Å². The highest BCUT2D eigenvalue weighted by Crippen LogP contribution is 2.35. The molecule has 0 aromatic rings. The van der Waals surface area contributed by atoms with E-state index in [2.05, 4.69) is 24.1 Å². The number of primary amides is 1. The van der Waals surface area contributed by atoms with Crippen molar-refractivity contribution in [2.75, 3.05) is 19.6 Å². The molecule has 2 saturated heterocycles. The summed E-state index contributed by atoms with van der Waals surface area (Å²) in [6, 6.07) is 0.310. The van der Waals surface area contributed by atoms with E-state index < -0.39 is 5.54 Å². The van der Waals surface area contributed by atoms with Crippen LogP contribution < -0.4 is 11.1 Å². The van der Waals surface area contributed by atoms with Crippen LogP contribution in [0.4, 0.5) is 0 Å². The van der Waals surface area contributed by atoms with Crippen LogP contribution in [0.3, 0.4) is 0 Å². The molecule has 3 unspecified atom stereocenters. The first-order valence-electron chi connectivity index (χ1n) is 5.84. The number of rotatable bonds is 3. The Morgan fingerprint density at radius 3 is 2.87 bits per heavy atom. The number of hydrogen-bond acceptors (Lipinski definition) is 3. The summed E-state index contributed by atoms with van der Waals surface area (Å²) >= 11 is 0. The monoisotopic (exact) mass is 211 g/mol. The summed E-state index contributed by atoms with van der Waals surface area (Å²) in [5, 5.41) is 3.42. The fraction of sp³-hybridized carbons (Fsp3) is 0.909. The summed E-state index contributed by atoms with van der Waals surface area (Å²) in [7, 11) is 0. The van der Waals surface area contributed by atoms with Crippen LogP contribution in [0.15, 0.2) is 0 Å². The average Bonchev–Trinajstić information content (AvgIpc) is 2.54. The maximum absolute atomic E-state index is 11.7. The number of piperidine rings is 1. The third-order valence-electron chi connectivity index (χ3n) is 3.78. The summed E-state index contributed by atoms with van der Waals surface area (Å²) in [4.78, 5) is 14.2. The van der Waals surface area contributed by atoms with E-state index in [-0.39, 0.29) is 5.91 Å². The van der Waals surface area contributed by atoms with Crippen LogP contribution in [0.2, 0.25) is 0 Å². The first-order valence-corrected chi connectivity index (χ1v) is 5.84. The Kier molecular flexibility index (Phi) is 2.73. The van der Waals surface area contributed by atoms with E-state index in [0.29, 0.717) is 12.0 Å². The molecule has 0 spiro atoms. The zero-order chi connectivity index (χ0) is 11.1. The highest BCUT2D eigenvalue weighted by atomic mass is 16.1. The fourth-order valence-corrected chi connectivity index (χ4v) is 3.08. The van der Waals surface area contributed by atoms with E-state index >= 15 is 0 Å². The van der Waals surface area contributed by atoms with Gasteiger partial charge in [-0.3, -0.25) is 4.79 Å². The zero-order valence-corrected chi connectivity index (χ0v) is 9.62. The lowest BCUT2D eigenvalue weighted by molar-refractivity contribution is -0.128. The minimum atomic E-state index is -0.443. The molecule has 2 aliphatic heterocycles. The van der Waals surface area contributed by atoms with Gasteiger partial charge in [0.15, 0.2) is 0 Å². The third-order valence-corrected chi connectivity index (χ3v) is 3.78. The molecule has 0 radical (unpaired) electrons. The predicted octanol–water partition coefficient (Wildman–Crippen LogP) is -0.0659. The topological polar surface area (TPSA) is 58.4 Å². The number of amides is 1. The van der Waals surface area contributed by atoms with Gasteiger partial charge in [0.2, 0.25) is 5.91 Å². The number of carbonyl (C=O) groups excluding carboxylic acids is 1. The van der Waals surface area contributed by atoms with Crippen molar-refractivity contribution < 1.29 is 4.79 Å². The largest absolute Gasteiger partial charge is 0.368 e. The Labute approximate surface area is 91.2 Å². The maximum atomic E-state index is 11.7. The van der Waals surface area contributed by atoms with E-state index in [0.717, 1.165) is 32.5 Å². The second kappa shape index (κ2) is 3.76. The molecule has 0 aromatic heterocycles. The Morgan fingerprint density at radius 2 is 2.27 bits per heavy atom. The number of carbonyl (C=O) groups is 1. The fourth-order valence-electron chi connectivity index (χ4n) is 3.08. The van der Waals surface area contributed by atoms with Gasteiger partial charge in [-0.15, -0.1) is 0 Å². The SMILES string of the molecule is CC(C)NC1(C(N)=O)CCN2CCC1C2. The van der Waals surface area contributed by atoms with Gasteiger partial charge in [0.1, 0.15) is 5.54 Å². The Balaban J connectivity index is 2.21. The van der Waals surface area contributed by atoms with Crippen LogP contribution in [0.5, 0.6) is 0 Å². The van der Waals surface area contributed by atoms with Gasteiger partial charge in [0, 0.05) is 25.0 Å². The molecule has 0 aliphatic carbocycles. The second-order valence-corrected chi connectivity index (χ2v) is 5.17. The van der Waals surface area contributed by atoms with E-state index in [1.165, 1.54) is 0 Å². The molecule has 0 aromatic carbocycles. The summed E-state index contributed by atoms with van der Waals surface area (Å²) in [6.45, 7) is 7.30. The van der Waals surface area contributed by atoms with Gasteiger partial charge < -0.3 is 16.0 Å². The lowest BCUT2D eigenvalue weighted by atomic mass is 9.77. The van der Waals surface area contributed by atoms with Crippen molar-refractivity contribution in [1.82, 2.24) is 10.2 Å². The summed E-state index contributed by atoms with van der Waals surface area (Å²) in [5.74, 6) is 0.244. The number of nitrogens with one attached hydrogen (secondary N) is 1. The van der Waals surface area contributed by atoms with Crippen LogP contribution in [0, 0.1) is 5.92 Å². The number of nitrogens with zero attached hydrogens (tertiary/aromatic N) is 1. The van der Waals surface area contributed by atoms with Crippen molar-refractivity contribution in [2.45, 2.75) is 38.3 Å². The van der Waals surface area contributed by atoms with E-state index in [4.69, 9.17) is 5.73 Å². The van der Waals surface area contributed by atoms with Gasteiger partial charge in [-0.05, 0) is 33.2 Å². The minimum Gasteiger partial charge on any atom is -0.368 e. The van der Waals surface area contributed by atoms with Crippen molar-refractivity contribution >= 4 is 5.91 Å². The molecule has 2 bridgehead atoms. The second-order valence-electron chi connectivity index (χ2n) is 5.17. The molecule has 3 N–H and O–H groups in total. The van der Waals surface area contributed by atoms with Crippen LogP contribution in [0.25, 0.3) is 0 Å². The number of nitrogens with two attached hydrogens (primary N) is 1. The van der Waals surface area contributed by atoms with Gasteiger partial charge in [-0.2, -0.15) is 0 Å². The summed E-state index contributed by atoms with van der Waals surface area (Å²) in [6.07, 6.45) is 1.97. The lowest BCUT2D eigenvalue weighted by Crippen LogP contribution is -2.65. The summed E-state index contributed by atoms with van der Waals surface area (Å²) in [5.41, 5.74) is 5.17. The van der Waals surface area contributed by atoms with Crippen molar-refractivity contribution in [3.8, 4) is 0 Å². The first kappa shape index (κ1) is 10.9. The van der Waals surface area contributed by atoms with Crippen LogP contribution in [-0.2, 0) is 4.79 Å². The van der Waals surface area contributed by atoms with Crippen molar-refractivity contribution in [2.24, 2.45) is 11.7 Å². The van der Waals surface area contributed by atoms with Crippen molar-refractivity contribution in [1.29, 1.82) is 0 Å². The lowest BCUT2D eigenvalue weighted by Gasteiger charge is -2.42. The van der Waals surface area contributed by atoms with Gasteiger partial charge in [0.25, 0.3) is 0 Å². The van der Waals surface area contributed by atoms with Crippen molar-refractivity contribution in [3.63, 3.8) is 0 Å². The molecule has 2 rings (SSSR count). The first-order chi connectivity index (χ1) is 7.04. The minimum absolute atomic E-state index is 0.164. The quantitative estimate of drug-likeness (QED) is 0.687. The van der Waals surface area contributed by atoms with Crippen molar-refractivity contribution in [3.05, 3.63) is 0 Å². The third kappa shape index (κ3) is 1.76. The molecule has 2 heterocycles. The standard InChI is InChI=1S/C11H21N3O/c1-8(2)13-11(10(12)15)4-6-14-5-3-9(11)7-14/h8-9,13H,3-7H2,1-2H3,(H2,12,15). The number of hydrogen-bond donors (Lipinski definition) is 2. The highest BCUT2D eigenvalue weighted by molar-refractivity contribution is 5.85. The molecule has 1 amide bonds. The smallest absolute Gasteiger partial charge is 0.238 e. The van der Waals surface area contributed by atoms with Gasteiger partial charge >= 0.3 is 0 Å².